The molecule has 1 aromatic carbocycles. The Morgan fingerprint density at radius 2 is 1.96 bits per heavy atom. The summed E-state index contributed by atoms with van der Waals surface area (Å²) in [6.07, 6.45) is 2.48. The number of nitriles is 1. The standard InChI is InChI=1S/C16H22FN5O/c1-15(2)9-13(16(3,4)22(15)23)21-14(19-10-18)20-12-7-5-11(17)6-8-12/h5-8,13,23H,9H2,1-4H3,(H2,19,20,21). The summed E-state index contributed by atoms with van der Waals surface area (Å²) < 4.78 is 13.0. The van der Waals surface area contributed by atoms with Gasteiger partial charge in [0.1, 0.15) is 5.82 Å². The number of rotatable bonds is 2. The van der Waals surface area contributed by atoms with Crippen molar-refractivity contribution >= 4 is 11.6 Å². The number of aliphatic imine (C=N–C) groups is 1. The lowest BCUT2D eigenvalue weighted by atomic mass is 9.95. The lowest BCUT2D eigenvalue weighted by Gasteiger charge is -2.35. The quantitative estimate of drug-likeness (QED) is 0.338. The van der Waals surface area contributed by atoms with Crippen molar-refractivity contribution in [3.63, 3.8) is 0 Å². The number of benzene rings is 1. The van der Waals surface area contributed by atoms with Gasteiger partial charge in [0.05, 0.1) is 11.6 Å². The van der Waals surface area contributed by atoms with Crippen molar-refractivity contribution in [2.24, 2.45) is 4.99 Å². The van der Waals surface area contributed by atoms with E-state index >= 15 is 0 Å². The number of nitrogens with zero attached hydrogens (tertiary/aromatic N) is 3. The summed E-state index contributed by atoms with van der Waals surface area (Å²) in [6.45, 7) is 7.68. The highest BCUT2D eigenvalue weighted by Gasteiger charge is 2.51. The number of hydroxylamine groups is 2. The third-order valence-electron chi connectivity index (χ3n) is 4.19. The third-order valence-corrected chi connectivity index (χ3v) is 4.19. The Hall–Kier alpha value is -2.17. The number of guanidine groups is 1. The summed E-state index contributed by atoms with van der Waals surface area (Å²) in [5, 5.41) is 26.0. The van der Waals surface area contributed by atoms with Gasteiger partial charge in [-0.2, -0.15) is 10.3 Å². The monoisotopic (exact) mass is 319 g/mol. The number of hydrogen-bond donors (Lipinski definition) is 3. The van der Waals surface area contributed by atoms with Crippen molar-refractivity contribution in [2.45, 2.75) is 51.2 Å². The molecule has 1 saturated heterocycles. The van der Waals surface area contributed by atoms with Gasteiger partial charge in [-0.05, 0) is 58.4 Å². The van der Waals surface area contributed by atoms with Gasteiger partial charge in [-0.15, -0.1) is 0 Å². The van der Waals surface area contributed by atoms with Crippen LogP contribution in [0.4, 0.5) is 10.1 Å². The second kappa shape index (κ2) is 6.14. The molecule has 1 atom stereocenters. The summed E-state index contributed by atoms with van der Waals surface area (Å²) in [5.41, 5.74) is -0.370. The molecule has 2 rings (SSSR count). The summed E-state index contributed by atoms with van der Waals surface area (Å²) in [6, 6.07) is 5.55. The minimum absolute atomic E-state index is 0.216. The minimum atomic E-state index is -0.573. The lowest BCUT2D eigenvalue weighted by molar-refractivity contribution is -0.193. The molecule has 23 heavy (non-hydrogen) atoms. The smallest absolute Gasteiger partial charge is 0.209 e. The van der Waals surface area contributed by atoms with E-state index in [-0.39, 0.29) is 17.8 Å². The van der Waals surface area contributed by atoms with Gasteiger partial charge in [-0.3, -0.25) is 5.32 Å². The van der Waals surface area contributed by atoms with E-state index in [9.17, 15) is 9.60 Å². The molecule has 3 N–H and O–H groups in total. The fraction of sp³-hybridized carbons (Fsp3) is 0.500. The van der Waals surface area contributed by atoms with E-state index < -0.39 is 11.1 Å². The largest absolute Gasteiger partial charge is 0.326 e. The molecular formula is C16H22FN5O. The van der Waals surface area contributed by atoms with E-state index in [4.69, 9.17) is 5.26 Å². The Morgan fingerprint density at radius 3 is 2.43 bits per heavy atom. The molecule has 0 bridgehead atoms. The Labute approximate surface area is 135 Å². The molecule has 7 heteroatoms. The van der Waals surface area contributed by atoms with Gasteiger partial charge < -0.3 is 10.5 Å². The van der Waals surface area contributed by atoms with Crippen LogP contribution in [0.25, 0.3) is 0 Å². The Morgan fingerprint density at radius 1 is 1.35 bits per heavy atom. The maximum atomic E-state index is 13.0. The zero-order valence-electron chi connectivity index (χ0n) is 13.8. The van der Waals surface area contributed by atoms with Crippen molar-refractivity contribution in [2.75, 3.05) is 5.32 Å². The average Bonchev–Trinajstić information content (AvgIpc) is 2.62. The van der Waals surface area contributed by atoms with Crippen molar-refractivity contribution in [3.05, 3.63) is 30.1 Å². The predicted octanol–water partition coefficient (Wildman–Crippen LogP) is 2.68. The molecule has 1 aliphatic heterocycles. The minimum Gasteiger partial charge on any atom is -0.326 e. The normalized spacial score (nSPS) is 23.3. The van der Waals surface area contributed by atoms with Gasteiger partial charge in [0.25, 0.3) is 0 Å². The molecule has 0 spiro atoms. The van der Waals surface area contributed by atoms with Crippen LogP contribution in [0.15, 0.2) is 29.3 Å². The first-order chi connectivity index (χ1) is 10.7. The van der Waals surface area contributed by atoms with Gasteiger partial charge in [0.2, 0.25) is 5.96 Å². The molecule has 1 heterocycles. The van der Waals surface area contributed by atoms with Crippen LogP contribution < -0.4 is 10.6 Å². The maximum Gasteiger partial charge on any atom is 0.209 e. The van der Waals surface area contributed by atoms with Gasteiger partial charge in [-0.1, -0.05) is 0 Å². The first kappa shape index (κ1) is 17.2. The van der Waals surface area contributed by atoms with Crippen molar-refractivity contribution in [1.29, 1.82) is 5.26 Å². The Balaban J connectivity index is 2.25. The van der Waals surface area contributed by atoms with Crippen LogP contribution in [-0.2, 0) is 0 Å². The zero-order chi connectivity index (χ0) is 17.3. The first-order valence-electron chi connectivity index (χ1n) is 7.41. The first-order valence-corrected chi connectivity index (χ1v) is 7.41. The molecule has 1 aromatic rings. The van der Waals surface area contributed by atoms with Crippen molar-refractivity contribution < 1.29 is 9.60 Å². The second-order valence-corrected chi connectivity index (χ2v) is 6.84. The van der Waals surface area contributed by atoms with Gasteiger partial charge in [0, 0.05) is 11.2 Å². The van der Waals surface area contributed by atoms with E-state index in [0.717, 1.165) is 0 Å². The van der Waals surface area contributed by atoms with E-state index in [1.807, 2.05) is 33.9 Å². The number of halogens is 1. The Bertz CT molecular complexity index is 633. The average molecular weight is 319 g/mol. The van der Waals surface area contributed by atoms with Crippen molar-refractivity contribution in [3.8, 4) is 6.19 Å². The highest BCUT2D eigenvalue weighted by molar-refractivity contribution is 5.94. The van der Waals surface area contributed by atoms with Crippen molar-refractivity contribution in [1.82, 2.24) is 10.4 Å². The fourth-order valence-corrected chi connectivity index (χ4v) is 2.91. The molecule has 124 valence electrons. The highest BCUT2D eigenvalue weighted by Crippen LogP contribution is 2.40. The van der Waals surface area contributed by atoms with Crippen LogP contribution in [0.5, 0.6) is 0 Å². The van der Waals surface area contributed by atoms with Gasteiger partial charge in [-0.25, -0.2) is 9.38 Å². The van der Waals surface area contributed by atoms with Crippen LogP contribution in [0.3, 0.4) is 0 Å². The summed E-state index contributed by atoms with van der Waals surface area (Å²) in [4.78, 5) is 4.56. The topological polar surface area (TPSA) is 83.7 Å². The summed E-state index contributed by atoms with van der Waals surface area (Å²) in [7, 11) is 0. The lowest BCUT2D eigenvalue weighted by Crippen LogP contribution is -2.48. The van der Waals surface area contributed by atoms with Crippen LogP contribution in [0.1, 0.15) is 34.1 Å². The van der Waals surface area contributed by atoms with E-state index in [1.54, 1.807) is 12.1 Å². The number of hydrogen-bond acceptors (Lipinski definition) is 4. The molecular weight excluding hydrogens is 297 g/mol. The molecule has 0 aromatic heterocycles. The fourth-order valence-electron chi connectivity index (χ4n) is 2.91. The van der Waals surface area contributed by atoms with Crippen LogP contribution >= 0.6 is 0 Å². The Kier molecular flexibility index (Phi) is 4.59. The van der Waals surface area contributed by atoms with Gasteiger partial charge >= 0.3 is 0 Å². The molecule has 1 aliphatic rings. The summed E-state index contributed by atoms with van der Waals surface area (Å²) >= 11 is 0. The molecule has 0 saturated carbocycles. The number of nitrogens with one attached hydrogen (secondary N) is 2. The molecule has 1 unspecified atom stereocenters. The van der Waals surface area contributed by atoms with E-state index in [2.05, 4.69) is 15.6 Å². The molecule has 0 aliphatic carbocycles. The van der Waals surface area contributed by atoms with E-state index in [1.165, 1.54) is 17.2 Å². The molecule has 0 radical (unpaired) electrons. The number of anilines is 1. The second-order valence-electron chi connectivity index (χ2n) is 6.84. The zero-order valence-corrected chi connectivity index (χ0v) is 13.8. The summed E-state index contributed by atoms with van der Waals surface area (Å²) in [5.74, 6) is -0.0693. The molecule has 0 amide bonds. The molecule has 1 fully saturated rings. The predicted molar refractivity (Wildman–Crippen MR) is 86.4 cm³/mol. The highest BCUT2D eigenvalue weighted by atomic mass is 19.1. The van der Waals surface area contributed by atoms with Crippen LogP contribution in [-0.4, -0.2) is 33.3 Å². The molecule has 6 nitrogen and oxygen atoms in total. The van der Waals surface area contributed by atoms with E-state index in [0.29, 0.717) is 12.1 Å². The van der Waals surface area contributed by atoms with Crippen LogP contribution in [0, 0.1) is 17.3 Å². The maximum absolute atomic E-state index is 13.0. The van der Waals surface area contributed by atoms with Gasteiger partial charge in [0.15, 0.2) is 6.19 Å². The third kappa shape index (κ3) is 3.60. The van der Waals surface area contributed by atoms with Crippen LogP contribution in [0.2, 0.25) is 0 Å². The SMILES string of the molecule is CC1(C)CC(N=C(NC#N)Nc2ccc(F)cc2)C(C)(C)N1O.